The van der Waals surface area contributed by atoms with E-state index >= 15 is 0 Å². The number of guanidine groups is 1. The van der Waals surface area contributed by atoms with Gasteiger partial charge >= 0.3 is 0 Å². The van der Waals surface area contributed by atoms with Crippen LogP contribution in [0.3, 0.4) is 0 Å². The SMILES string of the molecule is CCS(=O)C1CCCC(NC(=NC)NCCOc2ccc(Br)cc2)C1.I. The van der Waals surface area contributed by atoms with E-state index in [1.807, 2.05) is 31.2 Å². The third-order valence-electron chi connectivity index (χ3n) is 4.32. The van der Waals surface area contributed by atoms with Crippen LogP contribution in [0, 0.1) is 0 Å². The second-order valence-electron chi connectivity index (χ2n) is 6.10. The Bertz CT molecular complexity index is 586. The van der Waals surface area contributed by atoms with Crippen molar-refractivity contribution in [1.29, 1.82) is 0 Å². The van der Waals surface area contributed by atoms with Crippen molar-refractivity contribution < 1.29 is 8.95 Å². The van der Waals surface area contributed by atoms with Gasteiger partial charge in [-0.05, 0) is 43.5 Å². The zero-order chi connectivity index (χ0) is 18.1. The van der Waals surface area contributed by atoms with E-state index in [-0.39, 0.29) is 24.0 Å². The second kappa shape index (κ2) is 12.9. The first-order valence-corrected chi connectivity index (χ1v) is 11.0. The third-order valence-corrected chi connectivity index (χ3v) is 6.59. The van der Waals surface area contributed by atoms with Crippen LogP contribution in [0.25, 0.3) is 0 Å². The lowest BCUT2D eigenvalue weighted by atomic mass is 9.95. The summed E-state index contributed by atoms with van der Waals surface area (Å²) in [7, 11) is 1.07. The summed E-state index contributed by atoms with van der Waals surface area (Å²) >= 11 is 3.41. The van der Waals surface area contributed by atoms with Crippen molar-refractivity contribution >= 4 is 56.7 Å². The fourth-order valence-electron chi connectivity index (χ4n) is 3.01. The predicted octanol–water partition coefficient (Wildman–Crippen LogP) is 3.69. The Morgan fingerprint density at radius 3 is 2.73 bits per heavy atom. The zero-order valence-corrected chi connectivity index (χ0v) is 20.1. The van der Waals surface area contributed by atoms with Crippen LogP contribution < -0.4 is 15.4 Å². The van der Waals surface area contributed by atoms with Crippen LogP contribution in [0.4, 0.5) is 0 Å². The van der Waals surface area contributed by atoms with E-state index in [1.54, 1.807) is 7.05 Å². The molecular weight excluding hydrogens is 529 g/mol. The first-order valence-electron chi connectivity index (χ1n) is 8.85. The Hall–Kier alpha value is -0.350. The van der Waals surface area contributed by atoms with Gasteiger partial charge < -0.3 is 15.4 Å². The summed E-state index contributed by atoms with van der Waals surface area (Å²) in [6, 6.07) is 8.14. The summed E-state index contributed by atoms with van der Waals surface area (Å²) in [6.07, 6.45) is 4.26. The Kier molecular flexibility index (Phi) is 11.8. The van der Waals surface area contributed by atoms with Crippen LogP contribution in [0.15, 0.2) is 33.7 Å². The molecule has 0 saturated heterocycles. The Morgan fingerprint density at radius 1 is 1.35 bits per heavy atom. The van der Waals surface area contributed by atoms with E-state index in [2.05, 4.69) is 31.6 Å². The normalized spacial score (nSPS) is 21.4. The summed E-state index contributed by atoms with van der Waals surface area (Å²) in [5.41, 5.74) is 0. The van der Waals surface area contributed by atoms with E-state index in [0.29, 0.717) is 24.4 Å². The minimum Gasteiger partial charge on any atom is -0.492 e. The summed E-state index contributed by atoms with van der Waals surface area (Å²) in [5, 5.41) is 7.06. The molecule has 0 radical (unpaired) electrons. The third kappa shape index (κ3) is 8.12. The van der Waals surface area contributed by atoms with E-state index in [1.165, 1.54) is 0 Å². The van der Waals surface area contributed by atoms with Gasteiger partial charge in [-0.1, -0.05) is 29.3 Å². The highest BCUT2D eigenvalue weighted by molar-refractivity contribution is 14.0. The molecule has 1 aromatic carbocycles. The number of hydrogen-bond donors (Lipinski definition) is 2. The van der Waals surface area contributed by atoms with E-state index < -0.39 is 10.8 Å². The first kappa shape index (κ1) is 23.7. The molecule has 0 amide bonds. The standard InChI is InChI=1S/C18H28BrN3O2S.HI/c1-3-25(23)17-6-4-5-15(13-17)22-18(20-2)21-11-12-24-16-9-7-14(19)8-10-16;/h7-10,15,17H,3-6,11-13H2,1-2H3,(H2,20,21,22);1H. The van der Waals surface area contributed by atoms with Crippen molar-refractivity contribution in [3.05, 3.63) is 28.7 Å². The van der Waals surface area contributed by atoms with E-state index in [9.17, 15) is 4.21 Å². The van der Waals surface area contributed by atoms with Crippen LogP contribution in [-0.4, -0.2) is 47.4 Å². The van der Waals surface area contributed by atoms with Gasteiger partial charge in [0.05, 0.1) is 6.54 Å². The van der Waals surface area contributed by atoms with Crippen molar-refractivity contribution in [2.45, 2.75) is 43.9 Å². The monoisotopic (exact) mass is 557 g/mol. The smallest absolute Gasteiger partial charge is 0.191 e. The lowest BCUT2D eigenvalue weighted by molar-refractivity contribution is 0.321. The van der Waals surface area contributed by atoms with Gasteiger partial charge in [-0.25, -0.2) is 0 Å². The van der Waals surface area contributed by atoms with Gasteiger partial charge in [0, 0.05) is 39.4 Å². The van der Waals surface area contributed by atoms with Crippen molar-refractivity contribution in [1.82, 2.24) is 10.6 Å². The van der Waals surface area contributed by atoms with Crippen molar-refractivity contribution in [3.8, 4) is 5.75 Å². The molecule has 0 spiro atoms. The second-order valence-corrected chi connectivity index (χ2v) is 9.02. The van der Waals surface area contributed by atoms with Crippen LogP contribution >= 0.6 is 39.9 Å². The van der Waals surface area contributed by atoms with Gasteiger partial charge in [-0.3, -0.25) is 9.20 Å². The van der Waals surface area contributed by atoms with Gasteiger partial charge in [-0.2, -0.15) is 0 Å². The van der Waals surface area contributed by atoms with Gasteiger partial charge in [0.15, 0.2) is 5.96 Å². The summed E-state index contributed by atoms with van der Waals surface area (Å²) in [6.45, 7) is 3.24. The Morgan fingerprint density at radius 2 is 2.08 bits per heavy atom. The van der Waals surface area contributed by atoms with Crippen molar-refractivity contribution in [3.63, 3.8) is 0 Å². The van der Waals surface area contributed by atoms with Crippen LogP contribution in [0.1, 0.15) is 32.6 Å². The zero-order valence-electron chi connectivity index (χ0n) is 15.4. The first-order chi connectivity index (χ1) is 12.1. The summed E-state index contributed by atoms with van der Waals surface area (Å²) in [5.74, 6) is 2.38. The number of hydrogen-bond acceptors (Lipinski definition) is 3. The number of nitrogens with zero attached hydrogens (tertiary/aromatic N) is 1. The number of halogens is 2. The Balaban J connectivity index is 0.00000338. The summed E-state index contributed by atoms with van der Waals surface area (Å²) < 4.78 is 18.8. The molecule has 3 unspecified atom stereocenters. The molecule has 0 aromatic heterocycles. The summed E-state index contributed by atoms with van der Waals surface area (Å²) in [4.78, 5) is 4.29. The maximum Gasteiger partial charge on any atom is 0.191 e. The highest BCUT2D eigenvalue weighted by Gasteiger charge is 2.25. The number of benzene rings is 1. The maximum absolute atomic E-state index is 12.1. The topological polar surface area (TPSA) is 62.7 Å². The molecule has 2 rings (SSSR count). The highest BCUT2D eigenvalue weighted by Crippen LogP contribution is 2.23. The maximum atomic E-state index is 12.1. The van der Waals surface area contributed by atoms with Gasteiger partial charge in [0.2, 0.25) is 0 Å². The largest absolute Gasteiger partial charge is 0.492 e. The fourth-order valence-corrected chi connectivity index (χ4v) is 4.62. The molecule has 1 saturated carbocycles. The molecule has 0 bridgehead atoms. The predicted molar refractivity (Wildman–Crippen MR) is 124 cm³/mol. The highest BCUT2D eigenvalue weighted by atomic mass is 127. The average Bonchev–Trinajstić information content (AvgIpc) is 2.65. The average molecular weight is 558 g/mol. The molecule has 1 aromatic rings. The van der Waals surface area contributed by atoms with E-state index in [4.69, 9.17) is 4.74 Å². The number of ether oxygens (including phenoxy) is 1. The number of nitrogens with one attached hydrogen (secondary N) is 2. The molecule has 2 N–H and O–H groups in total. The van der Waals surface area contributed by atoms with Crippen LogP contribution in [0.2, 0.25) is 0 Å². The molecule has 26 heavy (non-hydrogen) atoms. The lowest BCUT2D eigenvalue weighted by Gasteiger charge is -2.30. The lowest BCUT2D eigenvalue weighted by Crippen LogP contribution is -2.47. The number of aliphatic imine (C=N–C) groups is 1. The molecule has 5 nitrogen and oxygen atoms in total. The van der Waals surface area contributed by atoms with Crippen LogP contribution in [-0.2, 0) is 10.8 Å². The molecule has 0 aliphatic heterocycles. The minimum atomic E-state index is -0.704. The quantitative estimate of drug-likeness (QED) is 0.232. The van der Waals surface area contributed by atoms with Gasteiger partial charge in [0.1, 0.15) is 12.4 Å². The molecule has 3 atom stereocenters. The Labute approximate surface area is 184 Å². The van der Waals surface area contributed by atoms with Crippen LogP contribution in [0.5, 0.6) is 5.75 Å². The molecule has 1 aliphatic carbocycles. The van der Waals surface area contributed by atoms with E-state index in [0.717, 1.165) is 47.6 Å². The van der Waals surface area contributed by atoms with Crippen molar-refractivity contribution in [2.24, 2.45) is 4.99 Å². The fraction of sp³-hybridized carbons (Fsp3) is 0.611. The van der Waals surface area contributed by atoms with Crippen molar-refractivity contribution in [2.75, 3.05) is 26.0 Å². The minimum absolute atomic E-state index is 0. The number of rotatable bonds is 7. The molecule has 8 heteroatoms. The molecule has 1 fully saturated rings. The molecule has 148 valence electrons. The molecule has 0 heterocycles. The van der Waals surface area contributed by atoms with Gasteiger partial charge in [-0.15, -0.1) is 24.0 Å². The van der Waals surface area contributed by atoms with Gasteiger partial charge in [0.25, 0.3) is 0 Å². The molecule has 1 aliphatic rings. The molecular formula is C18H29BrIN3O2S.